The highest BCUT2D eigenvalue weighted by Gasteiger charge is 1.89. The Hall–Kier alpha value is -1.71. The highest BCUT2D eigenvalue weighted by Crippen LogP contribution is 1.95. The number of aldehydes is 1. The molecule has 0 unspecified atom stereocenters. The Kier molecular flexibility index (Phi) is 10.9. The number of rotatable bonds is 3. The van der Waals surface area contributed by atoms with Crippen LogP contribution in [0.5, 0.6) is 0 Å². The van der Waals surface area contributed by atoms with E-state index in [9.17, 15) is 4.79 Å². The summed E-state index contributed by atoms with van der Waals surface area (Å²) in [6.45, 7) is 9.93. The van der Waals surface area contributed by atoms with Gasteiger partial charge in [0.15, 0.2) is 0 Å². The number of nitrogens with one attached hydrogen (secondary N) is 1. The molecule has 0 rings (SSSR count). The molecule has 15 heavy (non-hydrogen) atoms. The monoisotopic (exact) mass is 210 g/mol. The van der Waals surface area contributed by atoms with Crippen LogP contribution in [0, 0.1) is 0 Å². The Morgan fingerprint density at radius 1 is 1.27 bits per heavy atom. The van der Waals surface area contributed by atoms with Gasteiger partial charge in [0.2, 0.25) is 5.91 Å². The normalized spacial score (nSPS) is 10.9. The molecule has 4 nitrogen and oxygen atoms in total. The third kappa shape index (κ3) is 15.1. The number of nitrogens with zero attached hydrogens (tertiary/aromatic N) is 1. The molecule has 0 atom stereocenters. The molecule has 0 aromatic carbocycles. The Morgan fingerprint density at radius 2 is 1.73 bits per heavy atom. The summed E-state index contributed by atoms with van der Waals surface area (Å²) in [6.07, 6.45) is 4.32. The first-order valence-electron chi connectivity index (χ1n) is 4.47. The number of allylic oxidation sites excluding steroid dienone is 4. The largest absolute Gasteiger partial charge is 0.330 e. The van der Waals surface area contributed by atoms with Gasteiger partial charge in [-0.15, -0.1) is 0 Å². The molecule has 84 valence electrons. The maximum atomic E-state index is 10.6. The fraction of sp³-hybridized carbons (Fsp3) is 0.364. The van der Waals surface area contributed by atoms with E-state index in [1.54, 1.807) is 12.2 Å². The first-order chi connectivity index (χ1) is 6.97. The van der Waals surface area contributed by atoms with Crippen LogP contribution in [-0.2, 0) is 9.59 Å². The first kappa shape index (κ1) is 15.7. The van der Waals surface area contributed by atoms with Crippen LogP contribution in [0.2, 0.25) is 0 Å². The summed E-state index contributed by atoms with van der Waals surface area (Å²) in [5.41, 5.74) is 1.62. The van der Waals surface area contributed by atoms with Gasteiger partial charge in [0.05, 0.1) is 0 Å². The van der Waals surface area contributed by atoms with Gasteiger partial charge in [-0.3, -0.25) is 9.79 Å². The van der Waals surface area contributed by atoms with Crippen molar-refractivity contribution in [3.8, 4) is 0 Å². The van der Waals surface area contributed by atoms with E-state index in [2.05, 4.69) is 17.0 Å². The molecular formula is C11H18N2O2. The molecule has 0 spiro atoms. The summed E-state index contributed by atoms with van der Waals surface area (Å²) in [4.78, 5) is 23.1. The second-order valence-electron chi connectivity index (χ2n) is 2.73. The summed E-state index contributed by atoms with van der Waals surface area (Å²) in [6, 6.07) is 0. The van der Waals surface area contributed by atoms with Crippen molar-refractivity contribution in [1.29, 1.82) is 0 Å². The minimum atomic E-state index is -0.0682. The highest BCUT2D eigenvalue weighted by molar-refractivity contribution is 5.74. The number of hydrogen-bond donors (Lipinski definition) is 1. The van der Waals surface area contributed by atoms with Crippen LogP contribution in [0.3, 0.4) is 0 Å². The number of carbonyl (C=O) groups is 2. The van der Waals surface area contributed by atoms with Crippen LogP contribution in [0.1, 0.15) is 27.7 Å². The van der Waals surface area contributed by atoms with Gasteiger partial charge in [-0.25, -0.2) is 0 Å². The van der Waals surface area contributed by atoms with Crippen molar-refractivity contribution >= 4 is 18.9 Å². The number of carbonyl (C=O) groups excluding carboxylic acids is 2. The van der Waals surface area contributed by atoms with E-state index < -0.39 is 0 Å². The molecule has 0 radical (unpaired) electrons. The van der Waals surface area contributed by atoms with Crippen molar-refractivity contribution in [3.05, 3.63) is 23.5 Å². The van der Waals surface area contributed by atoms with Crippen LogP contribution in [0.4, 0.5) is 0 Å². The van der Waals surface area contributed by atoms with Crippen molar-refractivity contribution in [1.82, 2.24) is 5.32 Å². The minimum absolute atomic E-state index is 0.0682. The van der Waals surface area contributed by atoms with E-state index in [0.717, 1.165) is 17.7 Å². The summed E-state index contributed by atoms with van der Waals surface area (Å²) in [7, 11) is 0. The zero-order valence-electron chi connectivity index (χ0n) is 9.70. The number of aliphatic imine (C=N–C) groups is 1. The molecule has 0 aromatic rings. The van der Waals surface area contributed by atoms with Crippen molar-refractivity contribution in [2.45, 2.75) is 27.7 Å². The van der Waals surface area contributed by atoms with Crippen LogP contribution in [-0.4, -0.2) is 18.9 Å². The molecule has 1 amide bonds. The maximum absolute atomic E-state index is 10.6. The molecule has 1 N–H and O–H groups in total. The average molecular weight is 210 g/mol. The smallest absolute Gasteiger partial charge is 0.220 e. The van der Waals surface area contributed by atoms with Gasteiger partial charge in [-0.1, -0.05) is 0 Å². The van der Waals surface area contributed by atoms with Gasteiger partial charge >= 0.3 is 0 Å². The summed E-state index contributed by atoms with van der Waals surface area (Å²) < 4.78 is 0. The Labute approximate surface area is 90.8 Å². The molecule has 0 fully saturated rings. The molecule has 0 aliphatic heterocycles. The predicted octanol–water partition coefficient (Wildman–Crippen LogP) is 1.84. The third-order valence-corrected chi connectivity index (χ3v) is 1.20. The van der Waals surface area contributed by atoms with Crippen LogP contribution >= 0.6 is 0 Å². The molecule has 0 aliphatic carbocycles. The maximum Gasteiger partial charge on any atom is 0.220 e. The molecule has 0 saturated heterocycles. The van der Waals surface area contributed by atoms with E-state index in [-0.39, 0.29) is 5.91 Å². The number of amides is 1. The predicted molar refractivity (Wildman–Crippen MR) is 62.6 cm³/mol. The molecule has 0 aliphatic rings. The second kappa shape index (κ2) is 10.4. The fourth-order valence-corrected chi connectivity index (χ4v) is 0.618. The standard InChI is InChI=1S/C9H14N2O.C2H4O/c1-7(10-4)5-6-8(2)11-9(3)12;1-2-3/h5-6H,4H2,1-3H3,(H,11,12);2H,1H3/b7-5-,8-6+;. The molecule has 0 bridgehead atoms. The molecule has 0 aromatic heterocycles. The van der Waals surface area contributed by atoms with Gasteiger partial charge in [0.25, 0.3) is 0 Å². The van der Waals surface area contributed by atoms with E-state index in [1.807, 2.05) is 13.8 Å². The van der Waals surface area contributed by atoms with E-state index in [1.165, 1.54) is 13.8 Å². The third-order valence-electron chi connectivity index (χ3n) is 1.20. The quantitative estimate of drug-likeness (QED) is 0.439. The van der Waals surface area contributed by atoms with Gasteiger partial charge in [-0.2, -0.15) is 0 Å². The SMILES string of the molecule is C=N/C(C)=C\C=C(/C)NC(C)=O.CC=O. The van der Waals surface area contributed by atoms with Crippen LogP contribution in [0.15, 0.2) is 28.5 Å². The lowest BCUT2D eigenvalue weighted by atomic mass is 10.3. The molecule has 0 heterocycles. The van der Waals surface area contributed by atoms with Gasteiger partial charge in [-0.05, 0) is 39.6 Å². The van der Waals surface area contributed by atoms with Gasteiger partial charge in [0.1, 0.15) is 6.29 Å². The fourth-order valence-electron chi connectivity index (χ4n) is 0.618. The Bertz CT molecular complexity index is 278. The first-order valence-corrected chi connectivity index (χ1v) is 4.47. The van der Waals surface area contributed by atoms with E-state index >= 15 is 0 Å². The summed E-state index contributed by atoms with van der Waals surface area (Å²) in [5, 5.41) is 2.64. The van der Waals surface area contributed by atoms with Crippen molar-refractivity contribution < 1.29 is 9.59 Å². The van der Waals surface area contributed by atoms with E-state index in [0.29, 0.717) is 0 Å². The molecule has 4 heteroatoms. The van der Waals surface area contributed by atoms with Gasteiger partial charge in [0, 0.05) is 18.3 Å². The lowest BCUT2D eigenvalue weighted by Crippen LogP contribution is -2.16. The zero-order valence-corrected chi connectivity index (χ0v) is 9.70. The number of hydrogen-bond acceptors (Lipinski definition) is 3. The Morgan fingerprint density at radius 3 is 2.07 bits per heavy atom. The van der Waals surface area contributed by atoms with Crippen LogP contribution < -0.4 is 5.32 Å². The molecule has 0 saturated carbocycles. The van der Waals surface area contributed by atoms with Gasteiger partial charge < -0.3 is 10.1 Å². The highest BCUT2D eigenvalue weighted by atomic mass is 16.1. The van der Waals surface area contributed by atoms with Crippen LogP contribution in [0.25, 0.3) is 0 Å². The average Bonchev–Trinajstić information content (AvgIpc) is 2.14. The minimum Gasteiger partial charge on any atom is -0.330 e. The van der Waals surface area contributed by atoms with Crippen molar-refractivity contribution in [2.24, 2.45) is 4.99 Å². The summed E-state index contributed by atoms with van der Waals surface area (Å²) in [5.74, 6) is -0.0682. The van der Waals surface area contributed by atoms with Crippen molar-refractivity contribution in [3.63, 3.8) is 0 Å². The Balaban J connectivity index is 0. The second-order valence-corrected chi connectivity index (χ2v) is 2.73. The molecular weight excluding hydrogens is 192 g/mol. The summed E-state index contributed by atoms with van der Waals surface area (Å²) >= 11 is 0. The zero-order chi connectivity index (χ0) is 12.3. The van der Waals surface area contributed by atoms with E-state index in [4.69, 9.17) is 4.79 Å². The topological polar surface area (TPSA) is 58.5 Å². The lowest BCUT2D eigenvalue weighted by molar-refractivity contribution is -0.118. The lowest BCUT2D eigenvalue weighted by Gasteiger charge is -1.98. The van der Waals surface area contributed by atoms with Crippen molar-refractivity contribution in [2.75, 3.05) is 0 Å².